The van der Waals surface area contributed by atoms with Crippen LogP contribution in [-0.2, 0) is 35.0 Å². The summed E-state index contributed by atoms with van der Waals surface area (Å²) < 4.78 is 18.2. The minimum atomic E-state index is -0.606. The fourth-order valence-corrected chi connectivity index (χ4v) is 4.30. The molecular formula is C34H50N2O8. The van der Waals surface area contributed by atoms with Crippen molar-refractivity contribution in [1.82, 2.24) is 9.13 Å². The second kappa shape index (κ2) is 20.9. The first kappa shape index (κ1) is 38.1. The van der Waals surface area contributed by atoms with Gasteiger partial charge in [-0.25, -0.2) is 9.59 Å². The van der Waals surface area contributed by atoms with Crippen molar-refractivity contribution in [2.45, 2.75) is 92.7 Å². The highest BCUT2D eigenvalue weighted by molar-refractivity contribution is 5.74. The van der Waals surface area contributed by atoms with Crippen LogP contribution in [0.4, 0.5) is 0 Å². The summed E-state index contributed by atoms with van der Waals surface area (Å²) in [7, 11) is 0. The van der Waals surface area contributed by atoms with Gasteiger partial charge in [0.15, 0.2) is 0 Å². The van der Waals surface area contributed by atoms with Crippen LogP contribution in [0.5, 0.6) is 0 Å². The van der Waals surface area contributed by atoms with Crippen LogP contribution >= 0.6 is 0 Å². The van der Waals surface area contributed by atoms with Gasteiger partial charge in [0.2, 0.25) is 0 Å². The third-order valence-corrected chi connectivity index (χ3v) is 6.65. The van der Waals surface area contributed by atoms with Crippen molar-refractivity contribution in [1.29, 1.82) is 0 Å². The molecular weight excluding hydrogens is 564 g/mol. The highest BCUT2D eigenvalue weighted by atomic mass is 16.5. The smallest absolute Gasteiger partial charge is 0.329 e. The predicted octanol–water partition coefficient (Wildman–Crippen LogP) is 5.53. The summed E-state index contributed by atoms with van der Waals surface area (Å²) in [6, 6.07) is 5.20. The third-order valence-electron chi connectivity index (χ3n) is 6.65. The SMILES string of the molecule is CCO/C=C/c1ccn(C(CCC(C)C)C(=O)OCC)c(=O)c1.CCOC(=O)C(CCC(C)C)n1ccc(CC=O)cc1=O. The summed E-state index contributed by atoms with van der Waals surface area (Å²) >= 11 is 0. The maximum absolute atomic E-state index is 12.3. The molecule has 2 aromatic heterocycles. The minimum Gasteiger partial charge on any atom is -0.501 e. The minimum absolute atomic E-state index is 0.201. The number of aromatic nitrogens is 2. The van der Waals surface area contributed by atoms with Gasteiger partial charge >= 0.3 is 11.9 Å². The van der Waals surface area contributed by atoms with E-state index in [4.69, 9.17) is 14.2 Å². The Morgan fingerprint density at radius 2 is 1.25 bits per heavy atom. The van der Waals surface area contributed by atoms with Crippen LogP contribution in [-0.4, -0.2) is 47.2 Å². The Morgan fingerprint density at radius 3 is 1.66 bits per heavy atom. The number of carbonyl (C=O) groups is 3. The number of ether oxygens (including phenoxy) is 3. The summed E-state index contributed by atoms with van der Waals surface area (Å²) in [6.07, 6.45) is 10.3. The third kappa shape index (κ3) is 13.6. The first-order valence-electron chi connectivity index (χ1n) is 15.5. The van der Waals surface area contributed by atoms with Crippen LogP contribution in [0.15, 0.2) is 52.5 Å². The lowest BCUT2D eigenvalue weighted by Gasteiger charge is -2.19. The second-order valence-corrected chi connectivity index (χ2v) is 11.1. The normalized spacial score (nSPS) is 12.4. The Morgan fingerprint density at radius 1 is 0.750 bits per heavy atom. The first-order chi connectivity index (χ1) is 21.0. The van der Waals surface area contributed by atoms with Crippen LogP contribution in [0.3, 0.4) is 0 Å². The Labute approximate surface area is 261 Å². The zero-order valence-electron chi connectivity index (χ0n) is 27.3. The molecule has 2 atom stereocenters. The number of carbonyl (C=O) groups excluding carboxylic acids is 3. The van der Waals surface area contributed by atoms with Crippen molar-refractivity contribution >= 4 is 24.3 Å². The zero-order valence-corrected chi connectivity index (χ0v) is 27.3. The first-order valence-corrected chi connectivity index (χ1v) is 15.5. The van der Waals surface area contributed by atoms with Gasteiger partial charge in [0, 0.05) is 30.9 Å². The molecule has 244 valence electrons. The van der Waals surface area contributed by atoms with E-state index in [9.17, 15) is 24.0 Å². The van der Waals surface area contributed by atoms with E-state index in [-0.39, 0.29) is 36.1 Å². The molecule has 0 saturated carbocycles. The molecule has 0 aliphatic rings. The van der Waals surface area contributed by atoms with Gasteiger partial charge in [0.25, 0.3) is 11.1 Å². The fraction of sp³-hybridized carbons (Fsp3) is 0.559. The highest BCUT2D eigenvalue weighted by Gasteiger charge is 2.24. The summed E-state index contributed by atoms with van der Waals surface area (Å²) in [4.78, 5) is 59.3. The number of hydrogen-bond donors (Lipinski definition) is 0. The predicted molar refractivity (Wildman–Crippen MR) is 171 cm³/mol. The molecule has 0 spiro atoms. The van der Waals surface area contributed by atoms with Crippen molar-refractivity contribution in [2.75, 3.05) is 19.8 Å². The molecule has 0 amide bonds. The quantitative estimate of drug-likeness (QED) is 0.130. The summed E-state index contributed by atoms with van der Waals surface area (Å²) in [5.41, 5.74) is 0.894. The molecule has 0 aliphatic heterocycles. The molecule has 0 fully saturated rings. The Kier molecular flexibility index (Phi) is 18.1. The molecule has 0 aliphatic carbocycles. The second-order valence-electron chi connectivity index (χ2n) is 11.1. The Balaban J connectivity index is 0.000000442. The molecule has 2 heterocycles. The monoisotopic (exact) mass is 614 g/mol. The van der Waals surface area contributed by atoms with Crippen LogP contribution in [0, 0.1) is 11.8 Å². The maximum atomic E-state index is 12.3. The average Bonchev–Trinajstić information content (AvgIpc) is 2.96. The average molecular weight is 615 g/mol. The molecule has 44 heavy (non-hydrogen) atoms. The molecule has 2 rings (SSSR count). The van der Waals surface area contributed by atoms with Crippen LogP contribution in [0.25, 0.3) is 6.08 Å². The van der Waals surface area contributed by atoms with E-state index < -0.39 is 12.1 Å². The molecule has 10 heteroatoms. The maximum Gasteiger partial charge on any atom is 0.329 e. The van der Waals surface area contributed by atoms with Crippen molar-refractivity contribution in [3.8, 4) is 0 Å². The summed E-state index contributed by atoms with van der Waals surface area (Å²) in [5.74, 6) is 0.152. The van der Waals surface area contributed by atoms with Gasteiger partial charge in [0.1, 0.15) is 18.4 Å². The fourth-order valence-electron chi connectivity index (χ4n) is 4.30. The van der Waals surface area contributed by atoms with E-state index in [1.54, 1.807) is 50.7 Å². The van der Waals surface area contributed by atoms with Gasteiger partial charge in [-0.1, -0.05) is 27.7 Å². The molecule has 0 saturated heterocycles. The van der Waals surface area contributed by atoms with Gasteiger partial charge in [-0.05, 0) is 87.6 Å². The standard InChI is InChI=1S/C18H27NO4.C16H23NO4/c1-5-22-12-10-15-9-11-19(17(20)13-15)16(8-7-14(3)4)18(21)23-6-2;1-4-21-16(20)14(6-5-12(2)3)17-9-7-13(8-10-18)11-15(17)19/h9-14,16H,5-8H2,1-4H3;7,9-12,14H,4-6,8H2,1-3H3/b12-10+;. The van der Waals surface area contributed by atoms with Crippen molar-refractivity contribution < 1.29 is 28.6 Å². The van der Waals surface area contributed by atoms with Crippen LogP contribution < -0.4 is 11.1 Å². The Hall–Kier alpha value is -3.95. The lowest BCUT2D eigenvalue weighted by molar-refractivity contribution is -0.148. The van der Waals surface area contributed by atoms with E-state index in [1.807, 2.05) is 6.92 Å². The molecule has 2 aromatic rings. The van der Waals surface area contributed by atoms with Gasteiger partial charge in [0.05, 0.1) is 26.1 Å². The van der Waals surface area contributed by atoms with E-state index in [2.05, 4.69) is 27.7 Å². The Bertz CT molecular complexity index is 1310. The molecule has 0 aromatic carbocycles. The van der Waals surface area contributed by atoms with Gasteiger partial charge < -0.3 is 28.1 Å². The van der Waals surface area contributed by atoms with Crippen LogP contribution in [0.2, 0.25) is 0 Å². The number of pyridine rings is 2. The van der Waals surface area contributed by atoms with E-state index in [0.717, 1.165) is 24.7 Å². The summed E-state index contributed by atoms with van der Waals surface area (Å²) in [6.45, 7) is 14.9. The number of esters is 2. The molecule has 0 N–H and O–H groups in total. The van der Waals surface area contributed by atoms with E-state index >= 15 is 0 Å². The van der Waals surface area contributed by atoms with Gasteiger partial charge in [-0.3, -0.25) is 9.59 Å². The number of rotatable bonds is 17. The topological polar surface area (TPSA) is 123 Å². The van der Waals surface area contributed by atoms with Crippen LogP contribution in [0.1, 0.15) is 97.4 Å². The van der Waals surface area contributed by atoms with E-state index in [1.165, 1.54) is 21.3 Å². The van der Waals surface area contributed by atoms with Crippen molar-refractivity contribution in [3.05, 3.63) is 74.8 Å². The van der Waals surface area contributed by atoms with E-state index in [0.29, 0.717) is 43.5 Å². The number of nitrogens with zero attached hydrogens (tertiary/aromatic N) is 2. The lowest BCUT2D eigenvalue weighted by atomic mass is 10.0. The number of hydrogen-bond acceptors (Lipinski definition) is 8. The lowest BCUT2D eigenvalue weighted by Crippen LogP contribution is -2.31. The zero-order chi connectivity index (χ0) is 33.1. The molecule has 0 radical (unpaired) electrons. The largest absolute Gasteiger partial charge is 0.501 e. The van der Waals surface area contributed by atoms with Gasteiger partial charge in [-0.15, -0.1) is 0 Å². The molecule has 0 bridgehead atoms. The number of aldehydes is 1. The molecule has 2 unspecified atom stereocenters. The van der Waals surface area contributed by atoms with Crippen molar-refractivity contribution in [2.24, 2.45) is 11.8 Å². The van der Waals surface area contributed by atoms with Crippen molar-refractivity contribution in [3.63, 3.8) is 0 Å². The molecule has 10 nitrogen and oxygen atoms in total. The highest BCUT2D eigenvalue weighted by Crippen LogP contribution is 2.19. The summed E-state index contributed by atoms with van der Waals surface area (Å²) in [5, 5.41) is 0. The van der Waals surface area contributed by atoms with Gasteiger partial charge in [-0.2, -0.15) is 0 Å².